The van der Waals surface area contributed by atoms with Gasteiger partial charge in [-0.05, 0) is 12.1 Å². The van der Waals surface area contributed by atoms with Crippen LogP contribution in [0, 0.1) is 5.82 Å². The molecule has 102 valence electrons. The van der Waals surface area contributed by atoms with Crippen molar-refractivity contribution in [2.24, 2.45) is 5.73 Å². The first-order chi connectivity index (χ1) is 8.80. The van der Waals surface area contributed by atoms with Crippen LogP contribution in [0.5, 0.6) is 0 Å². The van der Waals surface area contributed by atoms with Gasteiger partial charge < -0.3 is 10.3 Å². The zero-order chi connectivity index (χ0) is 14.2. The first kappa shape index (κ1) is 13.8. The molecule has 8 heteroatoms. The van der Waals surface area contributed by atoms with E-state index in [1.54, 1.807) is 6.07 Å². The lowest BCUT2D eigenvalue weighted by Crippen LogP contribution is -2.13. The van der Waals surface area contributed by atoms with Gasteiger partial charge in [0.05, 0.1) is 10.9 Å². The minimum Gasteiger partial charge on any atom is -0.370 e. The minimum atomic E-state index is -4.07. The molecule has 0 fully saturated rings. The average Bonchev–Trinajstić information content (AvgIpc) is 2.66. The summed E-state index contributed by atoms with van der Waals surface area (Å²) in [4.78, 5) is 10.5. The lowest BCUT2D eigenvalue weighted by atomic mass is 10.2. The summed E-state index contributed by atoms with van der Waals surface area (Å²) in [6.45, 7) is 0.154. The number of halogens is 2. The molecule has 0 aliphatic heterocycles. The molecule has 1 amide bonds. The van der Waals surface area contributed by atoms with Crippen molar-refractivity contribution in [3.8, 4) is 0 Å². The zero-order valence-corrected chi connectivity index (χ0v) is 11.2. The van der Waals surface area contributed by atoms with Gasteiger partial charge in [0.15, 0.2) is 0 Å². The van der Waals surface area contributed by atoms with Crippen molar-refractivity contribution in [2.45, 2.75) is 17.9 Å². The molecule has 2 rings (SSSR count). The third-order valence-corrected chi connectivity index (χ3v) is 4.02. The van der Waals surface area contributed by atoms with Crippen LogP contribution in [0.25, 0.3) is 10.9 Å². The van der Waals surface area contributed by atoms with Gasteiger partial charge >= 0.3 is 0 Å². The van der Waals surface area contributed by atoms with Gasteiger partial charge in [0.1, 0.15) is 10.7 Å². The highest BCUT2D eigenvalue weighted by molar-refractivity contribution is 8.14. The fraction of sp³-hybridized carbons (Fsp3) is 0.182. The Kier molecular flexibility index (Phi) is 3.51. The molecular weight excluding hydrogens is 295 g/mol. The van der Waals surface area contributed by atoms with E-state index in [-0.39, 0.29) is 23.2 Å². The van der Waals surface area contributed by atoms with Crippen LogP contribution in [0.1, 0.15) is 6.42 Å². The number of hydrogen-bond donors (Lipinski definition) is 1. The molecular formula is C11H10ClFN2O3S. The van der Waals surface area contributed by atoms with Gasteiger partial charge in [-0.2, -0.15) is 0 Å². The smallest absolute Gasteiger partial charge is 0.263 e. The second kappa shape index (κ2) is 4.82. The van der Waals surface area contributed by atoms with Crippen LogP contribution in [0.2, 0.25) is 0 Å². The predicted molar refractivity (Wildman–Crippen MR) is 68.7 cm³/mol. The number of benzene rings is 1. The summed E-state index contributed by atoms with van der Waals surface area (Å²) >= 11 is 0. The molecule has 0 spiro atoms. The van der Waals surface area contributed by atoms with E-state index in [2.05, 4.69) is 0 Å². The Morgan fingerprint density at radius 1 is 1.42 bits per heavy atom. The van der Waals surface area contributed by atoms with Crippen molar-refractivity contribution < 1.29 is 17.6 Å². The SMILES string of the molecule is NC(=O)CCn1cc(S(=O)(=O)Cl)c2c(F)cccc21. The van der Waals surface area contributed by atoms with E-state index in [4.69, 9.17) is 16.4 Å². The van der Waals surface area contributed by atoms with Crippen molar-refractivity contribution >= 4 is 36.5 Å². The van der Waals surface area contributed by atoms with Crippen LogP contribution < -0.4 is 5.73 Å². The molecule has 1 aromatic heterocycles. The fourth-order valence-corrected chi connectivity index (χ4v) is 2.92. The number of amides is 1. The Morgan fingerprint density at radius 3 is 2.68 bits per heavy atom. The number of nitrogens with two attached hydrogens (primary N) is 1. The number of carbonyl (C=O) groups excluding carboxylic acids is 1. The van der Waals surface area contributed by atoms with Crippen molar-refractivity contribution in [1.29, 1.82) is 0 Å². The summed E-state index contributed by atoms with van der Waals surface area (Å²) < 4.78 is 38.1. The quantitative estimate of drug-likeness (QED) is 0.871. The molecule has 5 nitrogen and oxygen atoms in total. The number of aromatic nitrogens is 1. The average molecular weight is 305 g/mol. The van der Waals surface area contributed by atoms with Crippen molar-refractivity contribution in [2.75, 3.05) is 0 Å². The highest BCUT2D eigenvalue weighted by Crippen LogP contribution is 2.30. The second-order valence-electron chi connectivity index (χ2n) is 3.97. The van der Waals surface area contributed by atoms with Gasteiger partial charge in [0.25, 0.3) is 9.05 Å². The molecule has 0 unspecified atom stereocenters. The molecule has 2 aromatic rings. The first-order valence-corrected chi connectivity index (χ1v) is 7.62. The van der Waals surface area contributed by atoms with Gasteiger partial charge in [0.2, 0.25) is 5.91 Å². The molecule has 19 heavy (non-hydrogen) atoms. The Bertz CT molecular complexity index is 755. The number of primary amides is 1. The molecule has 2 N–H and O–H groups in total. The molecule has 0 saturated heterocycles. The molecule has 0 bridgehead atoms. The maximum absolute atomic E-state index is 13.8. The van der Waals surface area contributed by atoms with Crippen LogP contribution in [0.3, 0.4) is 0 Å². The number of hydrogen-bond acceptors (Lipinski definition) is 3. The summed E-state index contributed by atoms with van der Waals surface area (Å²) in [6.07, 6.45) is 1.22. The largest absolute Gasteiger partial charge is 0.370 e. The lowest BCUT2D eigenvalue weighted by Gasteiger charge is -2.02. The Morgan fingerprint density at radius 2 is 2.11 bits per heavy atom. The fourth-order valence-electron chi connectivity index (χ4n) is 1.87. The molecule has 0 saturated carbocycles. The molecule has 0 aliphatic carbocycles. The number of fused-ring (bicyclic) bond motifs is 1. The highest BCUT2D eigenvalue weighted by Gasteiger charge is 2.21. The van der Waals surface area contributed by atoms with E-state index in [1.165, 1.54) is 16.8 Å². The topological polar surface area (TPSA) is 82.2 Å². The van der Waals surface area contributed by atoms with Crippen LogP contribution in [-0.4, -0.2) is 18.9 Å². The Balaban J connectivity index is 2.67. The number of nitrogens with zero attached hydrogens (tertiary/aromatic N) is 1. The number of aryl methyl sites for hydroxylation is 1. The number of carbonyl (C=O) groups is 1. The van der Waals surface area contributed by atoms with Crippen LogP contribution in [0.15, 0.2) is 29.3 Å². The third-order valence-electron chi connectivity index (χ3n) is 2.68. The summed E-state index contributed by atoms with van der Waals surface area (Å²) in [5.74, 6) is -1.22. The standard InChI is InChI=1S/C11H10ClFN2O3S/c12-19(17,18)9-6-15(5-4-10(14)16)8-3-1-2-7(13)11(8)9/h1-3,6H,4-5H2,(H2,14,16). The van der Waals surface area contributed by atoms with Gasteiger partial charge in [-0.3, -0.25) is 4.79 Å². The summed E-state index contributed by atoms with van der Waals surface area (Å²) in [6, 6.07) is 4.14. The summed E-state index contributed by atoms with van der Waals surface area (Å²) in [5, 5.41) is -0.0815. The second-order valence-corrected chi connectivity index (χ2v) is 6.51. The molecule has 0 atom stereocenters. The molecule has 0 radical (unpaired) electrons. The number of rotatable bonds is 4. The molecule has 1 aromatic carbocycles. The zero-order valence-electron chi connectivity index (χ0n) is 9.64. The predicted octanol–water partition coefficient (Wildman–Crippen LogP) is 1.58. The summed E-state index contributed by atoms with van der Waals surface area (Å²) in [5.41, 5.74) is 5.38. The lowest BCUT2D eigenvalue weighted by molar-refractivity contribution is -0.118. The first-order valence-electron chi connectivity index (χ1n) is 5.31. The Labute approximate surface area is 113 Å². The van der Waals surface area contributed by atoms with E-state index >= 15 is 0 Å². The maximum Gasteiger partial charge on any atom is 0.263 e. The highest BCUT2D eigenvalue weighted by atomic mass is 35.7. The summed E-state index contributed by atoms with van der Waals surface area (Å²) in [7, 11) is 1.21. The van der Waals surface area contributed by atoms with Gasteiger partial charge in [-0.15, -0.1) is 0 Å². The van der Waals surface area contributed by atoms with Crippen LogP contribution >= 0.6 is 10.7 Å². The minimum absolute atomic E-state index is 0.0159. The third kappa shape index (κ3) is 2.71. The van der Waals surface area contributed by atoms with E-state index in [1.807, 2.05) is 0 Å². The van der Waals surface area contributed by atoms with E-state index in [0.29, 0.717) is 5.52 Å². The van der Waals surface area contributed by atoms with Gasteiger partial charge in [-0.25, -0.2) is 12.8 Å². The maximum atomic E-state index is 13.8. The van der Waals surface area contributed by atoms with Gasteiger partial charge in [-0.1, -0.05) is 6.07 Å². The monoisotopic (exact) mass is 304 g/mol. The van der Waals surface area contributed by atoms with Gasteiger partial charge in [0, 0.05) is 29.8 Å². The normalized spacial score (nSPS) is 11.9. The van der Waals surface area contributed by atoms with Crippen molar-refractivity contribution in [1.82, 2.24) is 4.57 Å². The van der Waals surface area contributed by atoms with E-state index in [9.17, 15) is 17.6 Å². The van der Waals surface area contributed by atoms with Crippen molar-refractivity contribution in [3.63, 3.8) is 0 Å². The van der Waals surface area contributed by atoms with Crippen LogP contribution in [0.4, 0.5) is 4.39 Å². The Hall–Kier alpha value is -1.60. The molecule has 0 aliphatic rings. The van der Waals surface area contributed by atoms with Crippen molar-refractivity contribution in [3.05, 3.63) is 30.2 Å². The van der Waals surface area contributed by atoms with E-state index < -0.39 is 20.8 Å². The molecule has 1 heterocycles. The van der Waals surface area contributed by atoms with E-state index in [0.717, 1.165) is 6.07 Å². The van der Waals surface area contributed by atoms with Crippen LogP contribution in [-0.2, 0) is 20.4 Å².